The van der Waals surface area contributed by atoms with Crippen molar-refractivity contribution < 1.29 is 9.50 Å². The fourth-order valence-electron chi connectivity index (χ4n) is 2.12. The summed E-state index contributed by atoms with van der Waals surface area (Å²) in [7, 11) is 1.84. The van der Waals surface area contributed by atoms with Crippen molar-refractivity contribution in [3.05, 3.63) is 35.8 Å². The minimum absolute atomic E-state index is 0.254. The fourth-order valence-corrected chi connectivity index (χ4v) is 2.12. The first-order valence-corrected chi connectivity index (χ1v) is 5.77. The second-order valence-corrected chi connectivity index (χ2v) is 4.25. The number of benzene rings is 1. The summed E-state index contributed by atoms with van der Waals surface area (Å²) in [5.41, 5.74) is 6.95. The maximum absolute atomic E-state index is 13.6. The Morgan fingerprint density at radius 1 is 1.47 bits per heavy atom. The van der Waals surface area contributed by atoms with Crippen LogP contribution < -0.4 is 5.73 Å². The van der Waals surface area contributed by atoms with Gasteiger partial charge < -0.3 is 15.4 Å². The molecule has 1 atom stereocenters. The molecule has 0 aliphatic carbocycles. The molecule has 0 aliphatic rings. The molecule has 0 aliphatic heterocycles. The molecular weight excluding hydrogens is 219 g/mol. The molecule has 1 heterocycles. The van der Waals surface area contributed by atoms with Crippen LogP contribution in [0.5, 0.6) is 0 Å². The van der Waals surface area contributed by atoms with Crippen LogP contribution >= 0.6 is 0 Å². The number of nitrogens with zero attached hydrogens (tertiary/aromatic N) is 1. The SMILES string of the molecule is Cn1c(C(O)CCCN)cc2c(F)cccc21. The lowest BCUT2D eigenvalue weighted by atomic mass is 10.1. The van der Waals surface area contributed by atoms with Gasteiger partial charge in [-0.15, -0.1) is 0 Å². The van der Waals surface area contributed by atoms with E-state index in [4.69, 9.17) is 5.73 Å². The largest absolute Gasteiger partial charge is 0.387 e. The van der Waals surface area contributed by atoms with Crippen LogP contribution in [0.3, 0.4) is 0 Å². The summed E-state index contributed by atoms with van der Waals surface area (Å²) in [4.78, 5) is 0. The Hall–Kier alpha value is -1.39. The lowest BCUT2D eigenvalue weighted by Gasteiger charge is -2.11. The van der Waals surface area contributed by atoms with Gasteiger partial charge in [0.25, 0.3) is 0 Å². The second-order valence-electron chi connectivity index (χ2n) is 4.25. The molecule has 0 saturated heterocycles. The topological polar surface area (TPSA) is 51.2 Å². The fraction of sp³-hybridized carbons (Fsp3) is 0.385. The van der Waals surface area contributed by atoms with Gasteiger partial charge in [-0.3, -0.25) is 0 Å². The molecule has 0 fully saturated rings. The van der Waals surface area contributed by atoms with Crippen LogP contribution in [-0.2, 0) is 7.05 Å². The number of aliphatic hydroxyl groups is 1. The zero-order valence-electron chi connectivity index (χ0n) is 9.86. The second kappa shape index (κ2) is 4.85. The van der Waals surface area contributed by atoms with E-state index in [1.165, 1.54) is 6.07 Å². The Bertz CT molecular complexity index is 521. The molecule has 4 heteroatoms. The van der Waals surface area contributed by atoms with E-state index in [9.17, 15) is 9.50 Å². The lowest BCUT2D eigenvalue weighted by molar-refractivity contribution is 0.158. The molecule has 3 nitrogen and oxygen atoms in total. The molecule has 3 N–H and O–H groups in total. The monoisotopic (exact) mass is 236 g/mol. The van der Waals surface area contributed by atoms with E-state index in [0.29, 0.717) is 18.4 Å². The first-order chi connectivity index (χ1) is 8.15. The first-order valence-electron chi connectivity index (χ1n) is 5.77. The molecule has 2 aromatic rings. The molecule has 0 spiro atoms. The molecule has 92 valence electrons. The smallest absolute Gasteiger partial charge is 0.132 e. The molecular formula is C13H17FN2O. The molecule has 0 bridgehead atoms. The predicted octanol–water partition coefficient (Wildman–Crippen LogP) is 2.09. The van der Waals surface area contributed by atoms with E-state index >= 15 is 0 Å². The van der Waals surface area contributed by atoms with Gasteiger partial charge in [0.1, 0.15) is 5.82 Å². The van der Waals surface area contributed by atoms with Crippen molar-refractivity contribution in [2.45, 2.75) is 18.9 Å². The van der Waals surface area contributed by atoms with Crippen LogP contribution in [0.25, 0.3) is 10.9 Å². The summed E-state index contributed by atoms with van der Waals surface area (Å²) in [5, 5.41) is 10.6. The minimum atomic E-state index is -0.588. The van der Waals surface area contributed by atoms with E-state index in [0.717, 1.165) is 17.6 Å². The quantitative estimate of drug-likeness (QED) is 0.854. The third kappa shape index (κ3) is 2.18. The van der Waals surface area contributed by atoms with Crippen LogP contribution in [0, 0.1) is 5.82 Å². The van der Waals surface area contributed by atoms with Gasteiger partial charge in [-0.1, -0.05) is 6.07 Å². The predicted molar refractivity (Wildman–Crippen MR) is 66.1 cm³/mol. The van der Waals surface area contributed by atoms with Crippen LogP contribution in [0.4, 0.5) is 4.39 Å². The van der Waals surface area contributed by atoms with Crippen LogP contribution in [0.1, 0.15) is 24.6 Å². The van der Waals surface area contributed by atoms with Gasteiger partial charge >= 0.3 is 0 Å². The van der Waals surface area contributed by atoms with E-state index in [2.05, 4.69) is 0 Å². The van der Waals surface area contributed by atoms with Crippen molar-refractivity contribution >= 4 is 10.9 Å². The minimum Gasteiger partial charge on any atom is -0.387 e. The summed E-state index contributed by atoms with van der Waals surface area (Å²) >= 11 is 0. The summed E-state index contributed by atoms with van der Waals surface area (Å²) in [6, 6.07) is 6.66. The maximum atomic E-state index is 13.6. The van der Waals surface area contributed by atoms with Crippen LogP contribution in [0.15, 0.2) is 24.3 Å². The highest BCUT2D eigenvalue weighted by molar-refractivity contribution is 5.82. The number of halogens is 1. The van der Waals surface area contributed by atoms with Gasteiger partial charge in [-0.05, 0) is 37.6 Å². The zero-order chi connectivity index (χ0) is 12.4. The third-order valence-electron chi connectivity index (χ3n) is 3.09. The standard InChI is InChI=1S/C13H17FN2O/c1-16-11-5-2-4-10(14)9(11)8-12(16)13(17)6-3-7-15/h2,4-5,8,13,17H,3,6-7,15H2,1H3. The first kappa shape index (κ1) is 12.1. The van der Waals surface area contributed by atoms with E-state index < -0.39 is 6.10 Å². The van der Waals surface area contributed by atoms with Gasteiger partial charge in [0, 0.05) is 18.1 Å². The summed E-state index contributed by atoms with van der Waals surface area (Å²) < 4.78 is 15.4. The lowest BCUT2D eigenvalue weighted by Crippen LogP contribution is -2.07. The molecule has 2 rings (SSSR count). The number of rotatable bonds is 4. The number of aliphatic hydroxyl groups excluding tert-OH is 1. The molecule has 1 aromatic carbocycles. The number of fused-ring (bicyclic) bond motifs is 1. The number of nitrogens with two attached hydrogens (primary N) is 1. The molecule has 1 unspecified atom stereocenters. The van der Waals surface area contributed by atoms with E-state index in [-0.39, 0.29) is 5.82 Å². The number of hydrogen-bond acceptors (Lipinski definition) is 2. The van der Waals surface area contributed by atoms with E-state index in [1.807, 2.05) is 17.7 Å². The zero-order valence-corrected chi connectivity index (χ0v) is 9.86. The van der Waals surface area contributed by atoms with Crippen molar-refractivity contribution in [3.8, 4) is 0 Å². The third-order valence-corrected chi connectivity index (χ3v) is 3.09. The van der Waals surface area contributed by atoms with Gasteiger partial charge in [0.15, 0.2) is 0 Å². The van der Waals surface area contributed by atoms with Crippen molar-refractivity contribution in [2.75, 3.05) is 6.54 Å². The van der Waals surface area contributed by atoms with Crippen molar-refractivity contribution in [3.63, 3.8) is 0 Å². The van der Waals surface area contributed by atoms with Gasteiger partial charge in [-0.2, -0.15) is 0 Å². The average Bonchev–Trinajstić information content (AvgIpc) is 2.66. The molecule has 1 aromatic heterocycles. The van der Waals surface area contributed by atoms with Crippen molar-refractivity contribution in [1.82, 2.24) is 4.57 Å². The summed E-state index contributed by atoms with van der Waals surface area (Å²) in [6.45, 7) is 0.551. The van der Waals surface area contributed by atoms with Crippen molar-refractivity contribution in [2.24, 2.45) is 12.8 Å². The Kier molecular flexibility index (Phi) is 3.45. The molecule has 0 saturated carbocycles. The van der Waals surface area contributed by atoms with Gasteiger partial charge in [0.05, 0.1) is 11.6 Å². The van der Waals surface area contributed by atoms with Gasteiger partial charge in [0.2, 0.25) is 0 Å². The summed E-state index contributed by atoms with van der Waals surface area (Å²) in [6.07, 6.45) is 0.767. The Balaban J connectivity index is 2.41. The highest BCUT2D eigenvalue weighted by Gasteiger charge is 2.15. The maximum Gasteiger partial charge on any atom is 0.132 e. The number of hydrogen-bond donors (Lipinski definition) is 2. The average molecular weight is 236 g/mol. The Morgan fingerprint density at radius 3 is 2.88 bits per heavy atom. The highest BCUT2D eigenvalue weighted by Crippen LogP contribution is 2.27. The van der Waals surface area contributed by atoms with Crippen LogP contribution in [-0.4, -0.2) is 16.2 Å². The van der Waals surface area contributed by atoms with E-state index in [1.54, 1.807) is 12.1 Å². The molecule has 0 radical (unpaired) electrons. The Morgan fingerprint density at radius 2 is 2.24 bits per heavy atom. The number of aromatic nitrogens is 1. The normalized spacial score (nSPS) is 13.2. The number of aryl methyl sites for hydroxylation is 1. The Labute approximate surface area is 99.7 Å². The highest BCUT2D eigenvalue weighted by atomic mass is 19.1. The van der Waals surface area contributed by atoms with Crippen LogP contribution in [0.2, 0.25) is 0 Å². The summed E-state index contributed by atoms with van der Waals surface area (Å²) in [5.74, 6) is -0.254. The van der Waals surface area contributed by atoms with Crippen molar-refractivity contribution in [1.29, 1.82) is 0 Å². The molecule has 0 amide bonds. The molecule has 17 heavy (non-hydrogen) atoms. The van der Waals surface area contributed by atoms with Gasteiger partial charge in [-0.25, -0.2) is 4.39 Å².